The van der Waals surface area contributed by atoms with Crippen LogP contribution in [0.4, 0.5) is 16.0 Å². The first-order valence-corrected chi connectivity index (χ1v) is 11.8. The van der Waals surface area contributed by atoms with Gasteiger partial charge in [0.1, 0.15) is 11.9 Å². The summed E-state index contributed by atoms with van der Waals surface area (Å²) >= 11 is 12.2. The van der Waals surface area contributed by atoms with Crippen molar-refractivity contribution in [3.05, 3.63) is 81.5 Å². The van der Waals surface area contributed by atoms with E-state index in [0.29, 0.717) is 22.1 Å². The molecule has 3 heterocycles. The normalized spacial score (nSPS) is 15.0. The predicted molar refractivity (Wildman–Crippen MR) is 136 cm³/mol. The number of nitrogen functional groups attached to an aromatic ring is 1. The molecule has 36 heavy (non-hydrogen) atoms. The molecule has 0 spiro atoms. The summed E-state index contributed by atoms with van der Waals surface area (Å²) in [5, 5.41) is 0.446. The van der Waals surface area contributed by atoms with E-state index in [1.54, 1.807) is 30.3 Å². The van der Waals surface area contributed by atoms with Crippen LogP contribution < -0.4 is 15.4 Å². The number of hydrogen-bond acceptors (Lipinski definition) is 6. The number of methoxy groups -OCH3 is 1. The lowest BCUT2D eigenvalue weighted by molar-refractivity contribution is 0.0988. The lowest BCUT2D eigenvalue weighted by Crippen LogP contribution is -2.31. The summed E-state index contributed by atoms with van der Waals surface area (Å²) in [6.07, 6.45) is 1.51. The molecule has 5 rings (SSSR count). The van der Waals surface area contributed by atoms with Gasteiger partial charge in [0.15, 0.2) is 11.5 Å². The number of aromatic nitrogens is 4. The number of ether oxygens (including phenoxy) is 1. The molecule has 0 fully saturated rings. The van der Waals surface area contributed by atoms with Crippen molar-refractivity contribution in [3.8, 4) is 17.3 Å². The highest BCUT2D eigenvalue weighted by Gasteiger charge is 2.46. The van der Waals surface area contributed by atoms with Crippen molar-refractivity contribution in [2.75, 3.05) is 17.7 Å². The molecule has 1 atom stereocenters. The molecule has 184 valence electrons. The van der Waals surface area contributed by atoms with Crippen LogP contribution in [0.15, 0.2) is 48.7 Å². The second-order valence-corrected chi connectivity index (χ2v) is 9.33. The fourth-order valence-electron chi connectivity index (χ4n) is 4.50. The van der Waals surface area contributed by atoms with Gasteiger partial charge in [-0.1, -0.05) is 41.4 Å². The third kappa shape index (κ3) is 3.75. The first kappa shape index (κ1) is 24.0. The van der Waals surface area contributed by atoms with Gasteiger partial charge in [-0.2, -0.15) is 4.98 Å². The molecule has 0 radical (unpaired) electrons. The van der Waals surface area contributed by atoms with Crippen molar-refractivity contribution in [1.82, 2.24) is 19.5 Å². The number of carbonyl (C=O) groups is 1. The Bertz CT molecular complexity index is 1490. The SMILES string of the molecule is COc1nc(N)ncc1-c1nc2c(n1C(C)C)[C@H](c1ccc(Cl)cc1)N(c1cccc(Cl)c1F)C2=O. The highest BCUT2D eigenvalue weighted by Crippen LogP contribution is 2.46. The van der Waals surface area contributed by atoms with Gasteiger partial charge in [-0.25, -0.2) is 14.4 Å². The molecule has 0 unspecified atom stereocenters. The molecule has 0 saturated carbocycles. The fraction of sp³-hybridized carbons (Fsp3) is 0.200. The summed E-state index contributed by atoms with van der Waals surface area (Å²) in [6, 6.07) is 10.7. The molecule has 8 nitrogen and oxygen atoms in total. The Morgan fingerprint density at radius 2 is 1.83 bits per heavy atom. The van der Waals surface area contributed by atoms with Gasteiger partial charge in [0, 0.05) is 17.3 Å². The van der Waals surface area contributed by atoms with E-state index in [1.165, 1.54) is 30.3 Å². The van der Waals surface area contributed by atoms with E-state index < -0.39 is 17.8 Å². The summed E-state index contributed by atoms with van der Waals surface area (Å²) in [4.78, 5) is 28.2. The zero-order valence-electron chi connectivity index (χ0n) is 19.5. The first-order chi connectivity index (χ1) is 17.2. The minimum atomic E-state index is -0.706. The molecular weight excluding hydrogens is 506 g/mol. The number of anilines is 2. The summed E-state index contributed by atoms with van der Waals surface area (Å²) in [5.41, 5.74) is 7.76. The van der Waals surface area contributed by atoms with Crippen LogP contribution in [0, 0.1) is 5.82 Å². The Kier molecular flexibility index (Phi) is 6.05. The molecule has 11 heteroatoms. The van der Waals surface area contributed by atoms with Gasteiger partial charge in [-0.15, -0.1) is 0 Å². The van der Waals surface area contributed by atoms with Gasteiger partial charge in [-0.3, -0.25) is 9.69 Å². The Labute approximate surface area is 216 Å². The van der Waals surface area contributed by atoms with Crippen molar-refractivity contribution in [1.29, 1.82) is 0 Å². The van der Waals surface area contributed by atoms with E-state index in [1.807, 2.05) is 18.4 Å². The van der Waals surface area contributed by atoms with E-state index in [2.05, 4.69) is 9.97 Å². The number of fused-ring (bicyclic) bond motifs is 1. The number of nitrogens with two attached hydrogens (primary N) is 1. The van der Waals surface area contributed by atoms with Crippen molar-refractivity contribution in [2.45, 2.75) is 25.9 Å². The Balaban J connectivity index is 1.80. The van der Waals surface area contributed by atoms with E-state index in [9.17, 15) is 4.79 Å². The maximum Gasteiger partial charge on any atom is 0.279 e. The average molecular weight is 527 g/mol. The van der Waals surface area contributed by atoms with Gasteiger partial charge < -0.3 is 15.0 Å². The van der Waals surface area contributed by atoms with Crippen LogP contribution in [0.2, 0.25) is 10.0 Å². The predicted octanol–water partition coefficient (Wildman–Crippen LogP) is 5.71. The van der Waals surface area contributed by atoms with E-state index in [0.717, 1.165) is 5.56 Å². The lowest BCUT2D eigenvalue weighted by Gasteiger charge is -2.29. The number of halogens is 3. The summed E-state index contributed by atoms with van der Waals surface area (Å²) < 4.78 is 22.6. The largest absolute Gasteiger partial charge is 0.480 e. The molecular formula is C25H21Cl2FN6O2. The fourth-order valence-corrected chi connectivity index (χ4v) is 4.79. The molecule has 0 bridgehead atoms. The van der Waals surface area contributed by atoms with Crippen LogP contribution in [0.25, 0.3) is 11.4 Å². The molecule has 1 aliphatic rings. The Morgan fingerprint density at radius 1 is 1.11 bits per heavy atom. The second kappa shape index (κ2) is 9.07. The first-order valence-electron chi connectivity index (χ1n) is 11.0. The molecule has 2 aromatic carbocycles. The zero-order chi connectivity index (χ0) is 25.7. The minimum Gasteiger partial charge on any atom is -0.480 e. The number of hydrogen-bond donors (Lipinski definition) is 1. The summed E-state index contributed by atoms with van der Waals surface area (Å²) in [7, 11) is 1.47. The molecule has 0 saturated heterocycles. The van der Waals surface area contributed by atoms with Crippen molar-refractivity contribution < 1.29 is 13.9 Å². The maximum atomic E-state index is 15.2. The third-order valence-corrected chi connectivity index (χ3v) is 6.53. The van der Waals surface area contributed by atoms with Crippen LogP contribution in [0.1, 0.15) is 47.7 Å². The van der Waals surface area contributed by atoms with Gasteiger partial charge >= 0.3 is 0 Å². The monoisotopic (exact) mass is 526 g/mol. The summed E-state index contributed by atoms with van der Waals surface area (Å²) in [6.45, 7) is 3.92. The smallest absolute Gasteiger partial charge is 0.279 e. The number of carbonyl (C=O) groups excluding carboxylic acids is 1. The topological polar surface area (TPSA) is 99.2 Å². The highest BCUT2D eigenvalue weighted by molar-refractivity contribution is 6.31. The molecule has 2 aromatic heterocycles. The molecule has 1 aliphatic heterocycles. The lowest BCUT2D eigenvalue weighted by atomic mass is 10.0. The van der Waals surface area contributed by atoms with Crippen LogP contribution in [-0.2, 0) is 0 Å². The standard InChI is InChI=1S/C25H21Cl2FN6O2/c1-12(2)33-21-19(31-22(33)15-11-30-25(29)32-23(15)36-3)24(35)34(17-6-4-5-16(27)18(17)28)20(21)13-7-9-14(26)10-8-13/h4-12,20H,1-3H3,(H2,29,30,32)/t20-/m0/s1. The number of imidazole rings is 1. The quantitative estimate of drug-likeness (QED) is 0.357. The van der Waals surface area contributed by atoms with E-state index in [-0.39, 0.29) is 34.3 Å². The van der Waals surface area contributed by atoms with Crippen LogP contribution in [0.3, 0.4) is 0 Å². The highest BCUT2D eigenvalue weighted by atomic mass is 35.5. The maximum absolute atomic E-state index is 15.2. The van der Waals surface area contributed by atoms with Gasteiger partial charge in [0.2, 0.25) is 11.8 Å². The number of benzene rings is 2. The van der Waals surface area contributed by atoms with E-state index in [4.69, 9.17) is 38.7 Å². The molecule has 4 aromatic rings. The molecule has 1 amide bonds. The van der Waals surface area contributed by atoms with Gasteiger partial charge in [-0.05, 0) is 43.7 Å². The van der Waals surface area contributed by atoms with Crippen LogP contribution in [0.5, 0.6) is 5.88 Å². The molecule has 2 N–H and O–H groups in total. The third-order valence-electron chi connectivity index (χ3n) is 5.99. The van der Waals surface area contributed by atoms with Crippen molar-refractivity contribution in [3.63, 3.8) is 0 Å². The minimum absolute atomic E-state index is 0.0449. The molecule has 0 aliphatic carbocycles. The number of rotatable bonds is 5. The summed E-state index contributed by atoms with van der Waals surface area (Å²) in [5.74, 6) is -0.459. The van der Waals surface area contributed by atoms with E-state index >= 15 is 4.39 Å². The van der Waals surface area contributed by atoms with Crippen LogP contribution >= 0.6 is 23.2 Å². The van der Waals surface area contributed by atoms with Crippen molar-refractivity contribution >= 4 is 40.7 Å². The van der Waals surface area contributed by atoms with Gasteiger partial charge in [0.05, 0.1) is 29.1 Å². The second-order valence-electron chi connectivity index (χ2n) is 8.49. The number of amides is 1. The zero-order valence-corrected chi connectivity index (χ0v) is 21.0. The Hall–Kier alpha value is -3.69. The Morgan fingerprint density at radius 3 is 2.50 bits per heavy atom. The van der Waals surface area contributed by atoms with Crippen molar-refractivity contribution in [2.24, 2.45) is 0 Å². The van der Waals surface area contributed by atoms with Crippen LogP contribution in [-0.4, -0.2) is 32.5 Å². The number of nitrogens with zero attached hydrogens (tertiary/aromatic N) is 5. The van der Waals surface area contributed by atoms with Gasteiger partial charge in [0.25, 0.3) is 5.91 Å². The average Bonchev–Trinajstić information content (AvgIpc) is 3.36.